The van der Waals surface area contributed by atoms with Gasteiger partial charge in [0, 0.05) is 42.1 Å². The molecule has 1 unspecified atom stereocenters. The van der Waals surface area contributed by atoms with Gasteiger partial charge in [-0.15, -0.1) is 0 Å². The molecule has 0 aliphatic rings. The van der Waals surface area contributed by atoms with Gasteiger partial charge in [0.05, 0.1) is 11.3 Å². The molecule has 0 bridgehead atoms. The van der Waals surface area contributed by atoms with E-state index in [-0.39, 0.29) is 17.6 Å². The Morgan fingerprint density at radius 2 is 1.97 bits per heavy atom. The van der Waals surface area contributed by atoms with Crippen LogP contribution in [-0.2, 0) is 6.42 Å². The lowest BCUT2D eigenvalue weighted by Crippen LogP contribution is -2.22. The first kappa shape index (κ1) is 21.6. The molecule has 0 spiro atoms. The summed E-state index contributed by atoms with van der Waals surface area (Å²) >= 11 is 0. The number of hydrogen-bond acceptors (Lipinski definition) is 6. The highest BCUT2D eigenvalue weighted by Crippen LogP contribution is 2.39. The smallest absolute Gasteiger partial charge is 0.255 e. The average Bonchev–Trinajstić information content (AvgIpc) is 3.48. The molecule has 4 aromatic rings. The Kier molecular flexibility index (Phi) is 6.56. The van der Waals surface area contributed by atoms with Gasteiger partial charge in [-0.3, -0.25) is 4.79 Å². The quantitative estimate of drug-likeness (QED) is 0.337. The number of nitrogens with zero attached hydrogens (tertiary/aromatic N) is 1. The van der Waals surface area contributed by atoms with Crippen molar-refractivity contribution in [3.63, 3.8) is 0 Å². The number of aromatic nitrogens is 1. The molecule has 2 heterocycles. The third-order valence-electron chi connectivity index (χ3n) is 5.62. The SMILES string of the molecule is CNC(=O)c1c(-c2ccccc2)oc2ccc(O)c(CCCNCC(C)c3ccon3)c12. The van der Waals surface area contributed by atoms with Gasteiger partial charge in [0.25, 0.3) is 5.91 Å². The molecule has 0 aliphatic heterocycles. The molecule has 0 saturated carbocycles. The minimum absolute atomic E-state index is 0.166. The molecule has 0 radical (unpaired) electrons. The van der Waals surface area contributed by atoms with Gasteiger partial charge in [0.2, 0.25) is 0 Å². The van der Waals surface area contributed by atoms with Crippen molar-refractivity contribution in [2.45, 2.75) is 25.7 Å². The molecule has 7 nitrogen and oxygen atoms in total. The van der Waals surface area contributed by atoms with Crippen LogP contribution in [0, 0.1) is 0 Å². The molecule has 2 aromatic carbocycles. The van der Waals surface area contributed by atoms with Crippen molar-refractivity contribution in [1.82, 2.24) is 15.8 Å². The van der Waals surface area contributed by atoms with E-state index in [1.165, 1.54) is 0 Å². The van der Waals surface area contributed by atoms with Crippen LogP contribution in [0.5, 0.6) is 5.75 Å². The number of rotatable bonds is 9. The van der Waals surface area contributed by atoms with Crippen molar-refractivity contribution in [3.05, 3.63) is 71.6 Å². The van der Waals surface area contributed by atoms with Crippen LogP contribution in [0.25, 0.3) is 22.3 Å². The second-order valence-corrected chi connectivity index (χ2v) is 7.82. The number of fused-ring (bicyclic) bond motifs is 1. The summed E-state index contributed by atoms with van der Waals surface area (Å²) in [5, 5.41) is 21.4. The average molecular weight is 434 g/mol. The van der Waals surface area contributed by atoms with Gasteiger partial charge in [0.1, 0.15) is 23.4 Å². The molecule has 7 heteroatoms. The molecular weight excluding hydrogens is 406 g/mol. The van der Waals surface area contributed by atoms with Gasteiger partial charge in [-0.2, -0.15) is 0 Å². The van der Waals surface area contributed by atoms with Gasteiger partial charge < -0.3 is 24.7 Å². The van der Waals surface area contributed by atoms with E-state index in [0.717, 1.165) is 36.3 Å². The van der Waals surface area contributed by atoms with Crippen molar-refractivity contribution in [2.24, 2.45) is 0 Å². The third kappa shape index (κ3) is 4.38. The zero-order valence-electron chi connectivity index (χ0n) is 18.2. The van der Waals surface area contributed by atoms with E-state index in [2.05, 4.69) is 22.7 Å². The monoisotopic (exact) mass is 433 g/mol. The maximum atomic E-state index is 12.8. The van der Waals surface area contributed by atoms with Gasteiger partial charge in [-0.1, -0.05) is 42.4 Å². The summed E-state index contributed by atoms with van der Waals surface area (Å²) in [6, 6.07) is 14.7. The predicted octanol–water partition coefficient (Wildman–Crippen LogP) is 4.48. The molecule has 2 aromatic heterocycles. The Morgan fingerprint density at radius 3 is 2.69 bits per heavy atom. The maximum absolute atomic E-state index is 12.8. The van der Waals surface area contributed by atoms with E-state index >= 15 is 0 Å². The Morgan fingerprint density at radius 1 is 1.16 bits per heavy atom. The lowest BCUT2D eigenvalue weighted by Gasteiger charge is -2.11. The number of furan rings is 1. The highest BCUT2D eigenvalue weighted by Gasteiger charge is 2.25. The molecule has 0 saturated heterocycles. The lowest BCUT2D eigenvalue weighted by molar-refractivity contribution is 0.0964. The van der Waals surface area contributed by atoms with Crippen LogP contribution in [0.2, 0.25) is 0 Å². The molecule has 0 aliphatic carbocycles. The zero-order chi connectivity index (χ0) is 22.5. The zero-order valence-corrected chi connectivity index (χ0v) is 18.2. The molecular formula is C25H27N3O4. The van der Waals surface area contributed by atoms with Gasteiger partial charge in [-0.25, -0.2) is 0 Å². The fraction of sp³-hybridized carbons (Fsp3) is 0.280. The first-order valence-electron chi connectivity index (χ1n) is 10.8. The Balaban J connectivity index is 1.56. The number of nitrogens with one attached hydrogen (secondary N) is 2. The Labute approximate surface area is 186 Å². The van der Waals surface area contributed by atoms with Gasteiger partial charge in [0.15, 0.2) is 0 Å². The van der Waals surface area contributed by atoms with Gasteiger partial charge >= 0.3 is 0 Å². The van der Waals surface area contributed by atoms with E-state index in [1.807, 2.05) is 36.4 Å². The number of phenolic OH excluding ortho intramolecular Hbond substituents is 1. The number of hydrogen-bond donors (Lipinski definition) is 3. The van der Waals surface area contributed by atoms with E-state index in [9.17, 15) is 9.90 Å². The second-order valence-electron chi connectivity index (χ2n) is 7.82. The van der Waals surface area contributed by atoms with Crippen molar-refractivity contribution in [3.8, 4) is 17.1 Å². The van der Waals surface area contributed by atoms with Crippen molar-refractivity contribution in [2.75, 3.05) is 20.1 Å². The standard InChI is InChI=1S/C25H27N3O4/c1-16(19-12-14-31-28-19)15-27-13-6-9-18-20(29)10-11-21-22(18)23(25(30)26-2)24(32-21)17-7-4-3-5-8-17/h3-5,7-8,10-12,14,16,27,29H,6,9,13,15H2,1-2H3,(H,26,30). The van der Waals surface area contributed by atoms with Crippen molar-refractivity contribution < 1.29 is 18.8 Å². The summed E-state index contributed by atoms with van der Waals surface area (Å²) in [4.78, 5) is 12.8. The minimum atomic E-state index is -0.242. The van der Waals surface area contributed by atoms with Gasteiger partial charge in [-0.05, 0) is 31.5 Å². The summed E-state index contributed by atoms with van der Waals surface area (Å²) in [5.41, 5.74) is 3.49. The van der Waals surface area contributed by atoms with Crippen LogP contribution in [0.4, 0.5) is 0 Å². The minimum Gasteiger partial charge on any atom is -0.508 e. The molecule has 166 valence electrons. The molecule has 1 atom stereocenters. The van der Waals surface area contributed by atoms with Crippen LogP contribution < -0.4 is 10.6 Å². The number of amides is 1. The number of aromatic hydroxyl groups is 1. The summed E-state index contributed by atoms with van der Waals surface area (Å²) in [6.07, 6.45) is 2.97. The molecule has 32 heavy (non-hydrogen) atoms. The maximum Gasteiger partial charge on any atom is 0.255 e. The third-order valence-corrected chi connectivity index (χ3v) is 5.62. The topological polar surface area (TPSA) is 101 Å². The van der Waals surface area contributed by atoms with E-state index in [1.54, 1.807) is 25.4 Å². The number of aryl methyl sites for hydroxylation is 1. The molecule has 1 amide bonds. The Hall–Kier alpha value is -3.58. The van der Waals surface area contributed by atoms with Crippen molar-refractivity contribution >= 4 is 16.9 Å². The molecule has 4 rings (SSSR count). The molecule has 3 N–H and O–H groups in total. The summed E-state index contributed by atoms with van der Waals surface area (Å²) < 4.78 is 11.0. The number of benzene rings is 2. The van der Waals surface area contributed by atoms with E-state index in [0.29, 0.717) is 28.7 Å². The largest absolute Gasteiger partial charge is 0.508 e. The summed E-state index contributed by atoms with van der Waals surface area (Å²) in [7, 11) is 1.60. The highest BCUT2D eigenvalue weighted by atomic mass is 16.5. The summed E-state index contributed by atoms with van der Waals surface area (Å²) in [5.74, 6) is 0.673. The number of carbonyl (C=O) groups excluding carboxylic acids is 1. The second kappa shape index (κ2) is 9.70. The Bertz CT molecular complexity index is 1180. The van der Waals surface area contributed by atoms with Crippen LogP contribution >= 0.6 is 0 Å². The van der Waals surface area contributed by atoms with E-state index < -0.39 is 0 Å². The number of phenols is 1. The fourth-order valence-electron chi connectivity index (χ4n) is 3.93. The van der Waals surface area contributed by atoms with Crippen molar-refractivity contribution in [1.29, 1.82) is 0 Å². The molecule has 0 fully saturated rings. The summed E-state index contributed by atoms with van der Waals surface area (Å²) in [6.45, 7) is 3.62. The lowest BCUT2D eigenvalue weighted by atomic mass is 9.97. The van der Waals surface area contributed by atoms with Crippen LogP contribution in [-0.4, -0.2) is 36.3 Å². The predicted molar refractivity (Wildman–Crippen MR) is 123 cm³/mol. The van der Waals surface area contributed by atoms with Crippen LogP contribution in [0.3, 0.4) is 0 Å². The highest BCUT2D eigenvalue weighted by molar-refractivity contribution is 6.12. The fourth-order valence-corrected chi connectivity index (χ4v) is 3.93. The first-order valence-corrected chi connectivity index (χ1v) is 10.8. The number of carbonyl (C=O) groups is 1. The normalized spacial score (nSPS) is 12.2. The first-order chi connectivity index (χ1) is 15.6. The van der Waals surface area contributed by atoms with Crippen LogP contribution in [0.15, 0.2) is 63.7 Å². The van der Waals surface area contributed by atoms with Crippen LogP contribution in [0.1, 0.15) is 40.9 Å². The van der Waals surface area contributed by atoms with E-state index in [4.69, 9.17) is 8.94 Å².